The third-order valence-corrected chi connectivity index (χ3v) is 5.04. The Morgan fingerprint density at radius 1 is 1.11 bits per heavy atom. The number of amides is 1. The Labute approximate surface area is 163 Å². The lowest BCUT2D eigenvalue weighted by atomic mass is 10.1. The predicted octanol–water partition coefficient (Wildman–Crippen LogP) is 3.05. The largest absolute Gasteiger partial charge is 0.497 e. The highest BCUT2D eigenvalue weighted by Crippen LogP contribution is 2.29. The van der Waals surface area contributed by atoms with Crippen LogP contribution in [0.4, 0.5) is 0 Å². The summed E-state index contributed by atoms with van der Waals surface area (Å²) in [5.74, 6) is 1.12. The van der Waals surface area contributed by atoms with Crippen molar-refractivity contribution in [3.8, 4) is 22.8 Å². The van der Waals surface area contributed by atoms with Gasteiger partial charge in [0.2, 0.25) is 0 Å². The molecule has 3 aromatic rings. The van der Waals surface area contributed by atoms with Crippen molar-refractivity contribution in [2.24, 2.45) is 0 Å². The third-order valence-electron chi connectivity index (χ3n) is 5.04. The number of carbonyl (C=O) groups is 1. The highest BCUT2D eigenvalue weighted by molar-refractivity contribution is 5.97. The van der Waals surface area contributed by atoms with Gasteiger partial charge in [-0.2, -0.15) is 0 Å². The fourth-order valence-electron chi connectivity index (χ4n) is 3.48. The van der Waals surface area contributed by atoms with E-state index in [1.807, 2.05) is 46.1 Å². The molecule has 1 unspecified atom stereocenters. The molecule has 28 heavy (non-hydrogen) atoms. The van der Waals surface area contributed by atoms with E-state index in [2.05, 4.69) is 10.3 Å². The Kier molecular flexibility index (Phi) is 4.97. The highest BCUT2D eigenvalue weighted by atomic mass is 16.5. The highest BCUT2D eigenvalue weighted by Gasteiger charge is 2.30. The lowest BCUT2D eigenvalue weighted by molar-refractivity contribution is 0.0783. The van der Waals surface area contributed by atoms with Gasteiger partial charge in [0.25, 0.3) is 5.91 Å². The quantitative estimate of drug-likeness (QED) is 0.683. The maximum absolute atomic E-state index is 13.0. The standard InChI is InChI=1S/C21H22N4O3/c1-27-17-8-9-18(20(12-17)28-2)21(26)24-11-10-16(13-24)25-14-19(22-23-25)15-6-4-3-5-7-15/h3-9,12,14,16H,10-11,13H2,1-2H3. The summed E-state index contributed by atoms with van der Waals surface area (Å²) in [6, 6.07) is 15.3. The second-order valence-corrected chi connectivity index (χ2v) is 6.71. The van der Waals surface area contributed by atoms with Gasteiger partial charge in [-0.05, 0) is 18.6 Å². The third kappa shape index (κ3) is 3.43. The fraction of sp³-hybridized carbons (Fsp3) is 0.286. The number of rotatable bonds is 5. The number of benzene rings is 2. The number of carbonyl (C=O) groups excluding carboxylic acids is 1. The topological polar surface area (TPSA) is 69.5 Å². The zero-order chi connectivity index (χ0) is 19.5. The first-order valence-electron chi connectivity index (χ1n) is 9.18. The van der Waals surface area contributed by atoms with E-state index in [0.717, 1.165) is 17.7 Å². The fourth-order valence-corrected chi connectivity index (χ4v) is 3.48. The van der Waals surface area contributed by atoms with Crippen LogP contribution in [-0.4, -0.2) is 53.1 Å². The van der Waals surface area contributed by atoms with Crippen LogP contribution in [0.15, 0.2) is 54.7 Å². The Balaban J connectivity index is 1.49. The molecular formula is C21H22N4O3. The van der Waals surface area contributed by atoms with Crippen molar-refractivity contribution in [1.82, 2.24) is 19.9 Å². The van der Waals surface area contributed by atoms with Gasteiger partial charge in [-0.15, -0.1) is 5.10 Å². The molecule has 2 heterocycles. The molecule has 1 saturated heterocycles. The van der Waals surface area contributed by atoms with Gasteiger partial charge in [-0.1, -0.05) is 35.5 Å². The molecule has 0 radical (unpaired) electrons. The lowest BCUT2D eigenvalue weighted by Gasteiger charge is -2.18. The van der Waals surface area contributed by atoms with E-state index in [-0.39, 0.29) is 11.9 Å². The SMILES string of the molecule is COc1ccc(C(=O)N2CCC(n3cc(-c4ccccc4)nn3)C2)c(OC)c1. The van der Waals surface area contributed by atoms with Crippen molar-refractivity contribution >= 4 is 5.91 Å². The van der Waals surface area contributed by atoms with E-state index in [0.29, 0.717) is 30.2 Å². The predicted molar refractivity (Wildman–Crippen MR) is 105 cm³/mol. The molecule has 7 heteroatoms. The smallest absolute Gasteiger partial charge is 0.257 e. The van der Waals surface area contributed by atoms with Crippen LogP contribution in [0.25, 0.3) is 11.3 Å². The molecule has 0 saturated carbocycles. The summed E-state index contributed by atoms with van der Waals surface area (Å²) in [6.07, 6.45) is 2.78. The van der Waals surface area contributed by atoms with Crippen molar-refractivity contribution in [3.63, 3.8) is 0 Å². The summed E-state index contributed by atoms with van der Waals surface area (Å²) in [4.78, 5) is 14.8. The van der Waals surface area contributed by atoms with Gasteiger partial charge in [0.05, 0.1) is 32.0 Å². The first kappa shape index (κ1) is 18.0. The number of aromatic nitrogens is 3. The maximum atomic E-state index is 13.0. The van der Waals surface area contributed by atoms with Gasteiger partial charge in [-0.25, -0.2) is 4.68 Å². The van der Waals surface area contributed by atoms with Crippen LogP contribution in [0.3, 0.4) is 0 Å². The summed E-state index contributed by atoms with van der Waals surface area (Å²) < 4.78 is 12.4. The Hall–Kier alpha value is -3.35. The Morgan fingerprint density at radius 3 is 2.68 bits per heavy atom. The number of hydrogen-bond donors (Lipinski definition) is 0. The average molecular weight is 378 g/mol. The molecular weight excluding hydrogens is 356 g/mol. The molecule has 1 aliphatic rings. The number of nitrogens with zero attached hydrogens (tertiary/aromatic N) is 4. The van der Waals surface area contributed by atoms with Gasteiger partial charge < -0.3 is 14.4 Å². The van der Waals surface area contributed by atoms with Gasteiger partial charge >= 0.3 is 0 Å². The van der Waals surface area contributed by atoms with Crippen LogP contribution in [0.1, 0.15) is 22.8 Å². The minimum atomic E-state index is -0.0506. The van der Waals surface area contributed by atoms with E-state index in [4.69, 9.17) is 9.47 Å². The minimum absolute atomic E-state index is 0.0506. The summed E-state index contributed by atoms with van der Waals surface area (Å²) in [6.45, 7) is 1.25. The van der Waals surface area contributed by atoms with Crippen LogP contribution < -0.4 is 9.47 Å². The molecule has 2 aromatic carbocycles. The number of likely N-dealkylation sites (tertiary alicyclic amines) is 1. The van der Waals surface area contributed by atoms with Crippen LogP contribution in [0.2, 0.25) is 0 Å². The molecule has 4 rings (SSSR count). The second-order valence-electron chi connectivity index (χ2n) is 6.71. The van der Waals surface area contributed by atoms with E-state index in [1.165, 1.54) is 0 Å². The van der Waals surface area contributed by atoms with Crippen molar-refractivity contribution in [2.45, 2.75) is 12.5 Å². The van der Waals surface area contributed by atoms with Crippen molar-refractivity contribution in [2.75, 3.05) is 27.3 Å². The zero-order valence-electron chi connectivity index (χ0n) is 15.9. The molecule has 1 atom stereocenters. The molecule has 7 nitrogen and oxygen atoms in total. The molecule has 0 spiro atoms. The molecule has 1 amide bonds. The number of ether oxygens (including phenoxy) is 2. The summed E-state index contributed by atoms with van der Waals surface area (Å²) in [5, 5.41) is 8.57. The molecule has 1 aliphatic heterocycles. The second kappa shape index (κ2) is 7.72. The molecule has 0 aliphatic carbocycles. The zero-order valence-corrected chi connectivity index (χ0v) is 15.9. The van der Waals surface area contributed by atoms with Crippen LogP contribution in [0, 0.1) is 0 Å². The first-order chi connectivity index (χ1) is 13.7. The Bertz CT molecular complexity index is 971. The minimum Gasteiger partial charge on any atom is -0.497 e. The van der Waals surface area contributed by atoms with E-state index in [1.54, 1.807) is 32.4 Å². The molecule has 1 aromatic heterocycles. The molecule has 0 bridgehead atoms. The maximum Gasteiger partial charge on any atom is 0.257 e. The van der Waals surface area contributed by atoms with Crippen molar-refractivity contribution < 1.29 is 14.3 Å². The van der Waals surface area contributed by atoms with Crippen LogP contribution in [0.5, 0.6) is 11.5 Å². The molecule has 1 fully saturated rings. The molecule has 0 N–H and O–H groups in total. The first-order valence-corrected chi connectivity index (χ1v) is 9.18. The normalized spacial score (nSPS) is 16.2. The molecule has 144 valence electrons. The summed E-state index contributed by atoms with van der Waals surface area (Å²) in [7, 11) is 3.14. The number of hydrogen-bond acceptors (Lipinski definition) is 5. The number of methoxy groups -OCH3 is 2. The summed E-state index contributed by atoms with van der Waals surface area (Å²) >= 11 is 0. The van der Waals surface area contributed by atoms with Gasteiger partial charge in [0, 0.05) is 24.7 Å². The van der Waals surface area contributed by atoms with Crippen LogP contribution in [-0.2, 0) is 0 Å². The van der Waals surface area contributed by atoms with Crippen molar-refractivity contribution in [1.29, 1.82) is 0 Å². The van der Waals surface area contributed by atoms with E-state index >= 15 is 0 Å². The summed E-state index contributed by atoms with van der Waals surface area (Å²) in [5.41, 5.74) is 2.40. The van der Waals surface area contributed by atoms with Gasteiger partial charge in [-0.3, -0.25) is 4.79 Å². The monoisotopic (exact) mass is 378 g/mol. The van der Waals surface area contributed by atoms with Gasteiger partial charge in [0.1, 0.15) is 17.2 Å². The van der Waals surface area contributed by atoms with Crippen molar-refractivity contribution in [3.05, 3.63) is 60.3 Å². The van der Waals surface area contributed by atoms with E-state index < -0.39 is 0 Å². The lowest BCUT2D eigenvalue weighted by Crippen LogP contribution is -2.29. The average Bonchev–Trinajstić information content (AvgIpc) is 3.43. The van der Waals surface area contributed by atoms with E-state index in [9.17, 15) is 4.79 Å². The Morgan fingerprint density at radius 2 is 1.93 bits per heavy atom. The van der Waals surface area contributed by atoms with Crippen LogP contribution >= 0.6 is 0 Å². The van der Waals surface area contributed by atoms with Gasteiger partial charge in [0.15, 0.2) is 0 Å².